The molecule has 1 fully saturated rings. The molecule has 23 heavy (non-hydrogen) atoms. The number of nitrogens with zero attached hydrogens (tertiary/aromatic N) is 2. The molecule has 0 aliphatic carbocycles. The molecule has 0 saturated carbocycles. The van der Waals surface area contributed by atoms with Gasteiger partial charge in [0.1, 0.15) is 0 Å². The van der Waals surface area contributed by atoms with Crippen molar-refractivity contribution >= 4 is 5.96 Å². The van der Waals surface area contributed by atoms with Gasteiger partial charge in [0.05, 0.1) is 0 Å². The van der Waals surface area contributed by atoms with Crippen LogP contribution in [0, 0.1) is 5.92 Å². The monoisotopic (exact) mass is 316 g/mol. The normalized spacial score (nSPS) is 17.5. The van der Waals surface area contributed by atoms with Crippen LogP contribution in [0.5, 0.6) is 0 Å². The second-order valence-electron chi connectivity index (χ2n) is 6.67. The molecule has 4 nitrogen and oxygen atoms in total. The second kappa shape index (κ2) is 9.56. The van der Waals surface area contributed by atoms with Gasteiger partial charge in [0.15, 0.2) is 5.96 Å². The molecular weight excluding hydrogens is 284 g/mol. The molecule has 1 atom stereocenters. The van der Waals surface area contributed by atoms with Gasteiger partial charge in [-0.05, 0) is 43.8 Å². The first-order valence-corrected chi connectivity index (χ1v) is 8.93. The first kappa shape index (κ1) is 17.8. The molecule has 1 aliphatic heterocycles. The average molecular weight is 316 g/mol. The lowest BCUT2D eigenvalue weighted by Crippen LogP contribution is -2.48. The summed E-state index contributed by atoms with van der Waals surface area (Å²) in [4.78, 5) is 6.97. The van der Waals surface area contributed by atoms with Gasteiger partial charge in [-0.2, -0.15) is 0 Å². The molecule has 128 valence electrons. The second-order valence-corrected chi connectivity index (χ2v) is 6.67. The number of nitrogens with one attached hydrogen (secondary N) is 2. The third-order valence-electron chi connectivity index (χ3n) is 4.63. The molecule has 0 bridgehead atoms. The van der Waals surface area contributed by atoms with Crippen molar-refractivity contribution in [2.24, 2.45) is 10.9 Å². The highest BCUT2D eigenvalue weighted by atomic mass is 15.2. The molecule has 2 N–H and O–H groups in total. The smallest absolute Gasteiger partial charge is 0.191 e. The van der Waals surface area contributed by atoms with Crippen LogP contribution in [0.2, 0.25) is 0 Å². The highest BCUT2D eigenvalue weighted by Crippen LogP contribution is 2.17. The van der Waals surface area contributed by atoms with Gasteiger partial charge < -0.3 is 10.6 Å². The first-order chi connectivity index (χ1) is 11.2. The summed E-state index contributed by atoms with van der Waals surface area (Å²) in [5.74, 6) is 1.56. The Balaban J connectivity index is 1.75. The third-order valence-corrected chi connectivity index (χ3v) is 4.63. The number of likely N-dealkylation sites (tertiary alicyclic amines) is 1. The Morgan fingerprint density at radius 3 is 2.43 bits per heavy atom. The van der Waals surface area contributed by atoms with E-state index in [0.29, 0.717) is 12.0 Å². The van der Waals surface area contributed by atoms with Gasteiger partial charge in [0.25, 0.3) is 0 Å². The van der Waals surface area contributed by atoms with Crippen LogP contribution in [-0.4, -0.2) is 50.1 Å². The van der Waals surface area contributed by atoms with E-state index in [9.17, 15) is 0 Å². The van der Waals surface area contributed by atoms with E-state index >= 15 is 0 Å². The van der Waals surface area contributed by atoms with E-state index in [1.165, 1.54) is 31.5 Å². The Kier molecular flexibility index (Phi) is 7.40. The van der Waals surface area contributed by atoms with Crippen LogP contribution in [0.25, 0.3) is 0 Å². The fraction of sp³-hybridized carbons (Fsp3) is 0.632. The molecular formula is C19H32N4. The standard InChI is InChI=1S/C19H32N4/c1-16(2)18(23-13-7-8-14-23)15-22-19(20-3)21-12-11-17-9-5-4-6-10-17/h4-6,9-10,16,18H,7-8,11-15H2,1-3H3,(H2,20,21,22). The van der Waals surface area contributed by atoms with E-state index < -0.39 is 0 Å². The minimum absolute atomic E-state index is 0.588. The zero-order valence-electron chi connectivity index (χ0n) is 14.9. The number of benzene rings is 1. The number of guanidine groups is 1. The lowest BCUT2D eigenvalue weighted by molar-refractivity contribution is 0.192. The zero-order valence-corrected chi connectivity index (χ0v) is 14.9. The highest BCUT2D eigenvalue weighted by molar-refractivity contribution is 5.79. The summed E-state index contributed by atoms with van der Waals surface area (Å²) in [5, 5.41) is 6.93. The van der Waals surface area contributed by atoms with E-state index in [2.05, 4.69) is 64.7 Å². The van der Waals surface area contributed by atoms with Crippen LogP contribution in [0.1, 0.15) is 32.3 Å². The van der Waals surface area contributed by atoms with Gasteiger partial charge in [-0.25, -0.2) is 0 Å². The van der Waals surface area contributed by atoms with E-state index in [-0.39, 0.29) is 0 Å². The van der Waals surface area contributed by atoms with Gasteiger partial charge >= 0.3 is 0 Å². The zero-order chi connectivity index (χ0) is 16.5. The molecule has 0 aromatic heterocycles. The van der Waals surface area contributed by atoms with E-state index in [1.807, 2.05) is 7.05 Å². The minimum Gasteiger partial charge on any atom is -0.356 e. The van der Waals surface area contributed by atoms with Gasteiger partial charge in [-0.1, -0.05) is 44.2 Å². The van der Waals surface area contributed by atoms with Crippen molar-refractivity contribution in [2.75, 3.05) is 33.2 Å². The van der Waals surface area contributed by atoms with Gasteiger partial charge in [-0.15, -0.1) is 0 Å². The lowest BCUT2D eigenvalue weighted by Gasteiger charge is -2.31. The Morgan fingerprint density at radius 1 is 1.13 bits per heavy atom. The topological polar surface area (TPSA) is 39.7 Å². The number of hydrogen-bond acceptors (Lipinski definition) is 2. The summed E-state index contributed by atoms with van der Waals surface area (Å²) < 4.78 is 0. The van der Waals surface area contributed by atoms with Crippen LogP contribution in [0.4, 0.5) is 0 Å². The predicted octanol–water partition coefficient (Wildman–Crippen LogP) is 2.51. The number of hydrogen-bond donors (Lipinski definition) is 2. The maximum absolute atomic E-state index is 4.35. The number of rotatable bonds is 7. The van der Waals surface area contributed by atoms with Crippen LogP contribution in [-0.2, 0) is 6.42 Å². The third kappa shape index (κ3) is 5.87. The maximum Gasteiger partial charge on any atom is 0.191 e. The lowest BCUT2D eigenvalue weighted by atomic mass is 10.0. The van der Waals surface area contributed by atoms with Crippen molar-refractivity contribution in [3.8, 4) is 0 Å². The van der Waals surface area contributed by atoms with Crippen molar-refractivity contribution in [1.29, 1.82) is 0 Å². The molecule has 1 aromatic rings. The molecule has 1 unspecified atom stereocenters. The van der Waals surface area contributed by atoms with Crippen molar-refractivity contribution in [3.05, 3.63) is 35.9 Å². The Hall–Kier alpha value is -1.55. The summed E-state index contributed by atoms with van der Waals surface area (Å²) in [5.41, 5.74) is 1.35. The molecule has 4 heteroatoms. The molecule has 1 aliphatic rings. The summed E-state index contributed by atoms with van der Waals surface area (Å²) in [6.45, 7) is 8.98. The summed E-state index contributed by atoms with van der Waals surface area (Å²) >= 11 is 0. The maximum atomic E-state index is 4.35. The van der Waals surface area contributed by atoms with Crippen molar-refractivity contribution in [1.82, 2.24) is 15.5 Å². The SMILES string of the molecule is CN=C(NCCc1ccccc1)NCC(C(C)C)N1CCCC1. The molecule has 0 spiro atoms. The molecule has 1 saturated heterocycles. The molecule has 0 radical (unpaired) electrons. The van der Waals surface area contributed by atoms with Crippen LogP contribution in [0.3, 0.4) is 0 Å². The summed E-state index contributed by atoms with van der Waals surface area (Å²) in [7, 11) is 1.85. The Labute approximate surface area is 141 Å². The van der Waals surface area contributed by atoms with E-state index in [0.717, 1.165) is 25.5 Å². The summed E-state index contributed by atoms with van der Waals surface area (Å²) in [6, 6.07) is 11.2. The molecule has 1 heterocycles. The fourth-order valence-electron chi connectivity index (χ4n) is 3.25. The molecule has 0 amide bonds. The Bertz CT molecular complexity index is 464. The van der Waals surface area contributed by atoms with Gasteiger partial charge in [0, 0.05) is 26.2 Å². The summed E-state index contributed by atoms with van der Waals surface area (Å²) in [6.07, 6.45) is 3.70. The quantitative estimate of drug-likeness (QED) is 0.600. The fourth-order valence-corrected chi connectivity index (χ4v) is 3.25. The Morgan fingerprint density at radius 2 is 1.83 bits per heavy atom. The van der Waals surface area contributed by atoms with Crippen molar-refractivity contribution in [3.63, 3.8) is 0 Å². The average Bonchev–Trinajstić information content (AvgIpc) is 3.08. The largest absolute Gasteiger partial charge is 0.356 e. The van der Waals surface area contributed by atoms with Gasteiger partial charge in [0.2, 0.25) is 0 Å². The molecule has 2 rings (SSSR count). The van der Waals surface area contributed by atoms with Crippen molar-refractivity contribution < 1.29 is 0 Å². The van der Waals surface area contributed by atoms with E-state index in [1.54, 1.807) is 0 Å². The van der Waals surface area contributed by atoms with Crippen LogP contribution in [0.15, 0.2) is 35.3 Å². The molecule has 1 aromatic carbocycles. The van der Waals surface area contributed by atoms with E-state index in [4.69, 9.17) is 0 Å². The van der Waals surface area contributed by atoms with Crippen LogP contribution < -0.4 is 10.6 Å². The van der Waals surface area contributed by atoms with Gasteiger partial charge in [-0.3, -0.25) is 9.89 Å². The van der Waals surface area contributed by atoms with Crippen molar-refractivity contribution in [2.45, 2.75) is 39.2 Å². The number of aliphatic imine (C=N–C) groups is 1. The minimum atomic E-state index is 0.588. The first-order valence-electron chi connectivity index (χ1n) is 8.93. The van der Waals surface area contributed by atoms with Crippen LogP contribution >= 0.6 is 0 Å². The highest BCUT2D eigenvalue weighted by Gasteiger charge is 2.24. The predicted molar refractivity (Wildman–Crippen MR) is 98.9 cm³/mol.